The van der Waals surface area contributed by atoms with E-state index in [1.54, 1.807) is 7.05 Å². The molecule has 0 aromatic carbocycles. The van der Waals surface area contributed by atoms with Crippen LogP contribution >= 0.6 is 11.3 Å². The summed E-state index contributed by atoms with van der Waals surface area (Å²) < 4.78 is 27.6. The Bertz CT molecular complexity index is 458. The lowest BCUT2D eigenvalue weighted by Gasteiger charge is -2.17. The van der Waals surface area contributed by atoms with E-state index in [4.69, 9.17) is 0 Å². The molecule has 0 atom stereocenters. The average Bonchev–Trinajstić information content (AvgIpc) is 2.69. The van der Waals surface area contributed by atoms with Crippen LogP contribution in [-0.4, -0.2) is 44.4 Å². The Morgan fingerprint density at radius 2 is 2.22 bits per heavy atom. The first-order chi connectivity index (χ1) is 8.45. The molecule has 104 valence electrons. The highest BCUT2D eigenvalue weighted by molar-refractivity contribution is 7.90. The molecule has 0 saturated carbocycles. The van der Waals surface area contributed by atoms with Gasteiger partial charge in [-0.25, -0.2) is 9.71 Å². The fourth-order valence-electron chi connectivity index (χ4n) is 1.31. The van der Waals surface area contributed by atoms with Gasteiger partial charge in [0.05, 0.1) is 5.69 Å². The van der Waals surface area contributed by atoms with Gasteiger partial charge in [-0.3, -0.25) is 0 Å². The molecule has 0 aliphatic carbocycles. The SMILES string of the molecule is CCNCCCN(C)S(=O)(=O)Nc1nc(C)cs1. The summed E-state index contributed by atoms with van der Waals surface area (Å²) in [6.45, 7) is 6.04. The van der Waals surface area contributed by atoms with E-state index in [1.807, 2.05) is 19.2 Å². The summed E-state index contributed by atoms with van der Waals surface area (Å²) in [7, 11) is -1.92. The normalized spacial score (nSPS) is 12.0. The molecule has 1 rings (SSSR count). The molecule has 6 nitrogen and oxygen atoms in total. The van der Waals surface area contributed by atoms with Crippen LogP contribution in [0.5, 0.6) is 0 Å². The Morgan fingerprint density at radius 1 is 1.50 bits per heavy atom. The van der Waals surface area contributed by atoms with Crippen molar-refractivity contribution < 1.29 is 8.42 Å². The zero-order chi connectivity index (χ0) is 13.6. The summed E-state index contributed by atoms with van der Waals surface area (Å²) in [6, 6.07) is 0. The van der Waals surface area contributed by atoms with Crippen LogP contribution in [0.4, 0.5) is 5.13 Å². The van der Waals surface area contributed by atoms with Gasteiger partial charge in [-0.15, -0.1) is 11.3 Å². The van der Waals surface area contributed by atoms with E-state index in [0.717, 1.165) is 25.2 Å². The zero-order valence-corrected chi connectivity index (χ0v) is 12.6. The van der Waals surface area contributed by atoms with Crippen molar-refractivity contribution in [2.75, 3.05) is 31.4 Å². The minimum absolute atomic E-state index is 0.408. The van der Waals surface area contributed by atoms with Crippen molar-refractivity contribution in [1.82, 2.24) is 14.6 Å². The summed E-state index contributed by atoms with van der Waals surface area (Å²) in [4.78, 5) is 4.08. The molecule has 1 aromatic rings. The molecule has 1 heterocycles. The fraction of sp³-hybridized carbons (Fsp3) is 0.700. The van der Waals surface area contributed by atoms with Crippen molar-refractivity contribution in [3.05, 3.63) is 11.1 Å². The van der Waals surface area contributed by atoms with Crippen LogP contribution < -0.4 is 10.0 Å². The Labute approximate surface area is 113 Å². The van der Waals surface area contributed by atoms with Crippen molar-refractivity contribution in [2.45, 2.75) is 20.3 Å². The number of rotatable bonds is 8. The first kappa shape index (κ1) is 15.4. The summed E-state index contributed by atoms with van der Waals surface area (Å²) in [5.41, 5.74) is 0.812. The van der Waals surface area contributed by atoms with Gasteiger partial charge in [-0.05, 0) is 26.4 Å². The largest absolute Gasteiger partial charge is 0.317 e. The summed E-state index contributed by atoms with van der Waals surface area (Å²) in [6.07, 6.45) is 0.780. The highest BCUT2D eigenvalue weighted by Gasteiger charge is 2.18. The monoisotopic (exact) mass is 292 g/mol. The lowest BCUT2D eigenvalue weighted by atomic mass is 10.4. The van der Waals surface area contributed by atoms with E-state index in [-0.39, 0.29) is 0 Å². The number of thiazole rings is 1. The number of nitrogens with zero attached hydrogens (tertiary/aromatic N) is 2. The molecule has 8 heteroatoms. The van der Waals surface area contributed by atoms with E-state index < -0.39 is 10.2 Å². The van der Waals surface area contributed by atoms with Crippen LogP contribution in [0, 0.1) is 6.92 Å². The molecular weight excluding hydrogens is 272 g/mol. The molecule has 0 saturated heterocycles. The molecule has 0 spiro atoms. The Morgan fingerprint density at radius 3 is 2.78 bits per heavy atom. The molecule has 0 unspecified atom stereocenters. The molecule has 0 aliphatic rings. The standard InChI is InChI=1S/C10H20N4O2S2/c1-4-11-6-5-7-14(3)18(15,16)13-10-12-9(2)8-17-10/h8,11H,4-7H2,1-3H3,(H,12,13). The van der Waals surface area contributed by atoms with E-state index in [0.29, 0.717) is 11.7 Å². The molecule has 1 aromatic heterocycles. The number of nitrogens with one attached hydrogen (secondary N) is 2. The second-order valence-electron chi connectivity index (χ2n) is 3.93. The number of hydrogen-bond acceptors (Lipinski definition) is 5. The number of anilines is 1. The van der Waals surface area contributed by atoms with Crippen LogP contribution in [0.25, 0.3) is 0 Å². The third kappa shape index (κ3) is 4.89. The van der Waals surface area contributed by atoms with Gasteiger partial charge in [0, 0.05) is 19.0 Å². The predicted octanol–water partition coefficient (Wildman–Crippen LogP) is 1.04. The second-order valence-corrected chi connectivity index (χ2v) is 6.57. The summed E-state index contributed by atoms with van der Waals surface area (Å²) in [5.74, 6) is 0. The fourth-order valence-corrected chi connectivity index (χ4v) is 3.14. The number of aryl methyl sites for hydroxylation is 1. The Hall–Kier alpha value is -0.700. The van der Waals surface area contributed by atoms with Gasteiger partial charge in [0.1, 0.15) is 0 Å². The maximum Gasteiger partial charge on any atom is 0.303 e. The zero-order valence-electron chi connectivity index (χ0n) is 10.9. The predicted molar refractivity (Wildman–Crippen MR) is 75.2 cm³/mol. The molecule has 0 amide bonds. The van der Waals surface area contributed by atoms with Crippen molar-refractivity contribution in [1.29, 1.82) is 0 Å². The molecule has 18 heavy (non-hydrogen) atoms. The summed E-state index contributed by atoms with van der Waals surface area (Å²) in [5, 5.41) is 5.37. The Balaban J connectivity index is 2.47. The van der Waals surface area contributed by atoms with Gasteiger partial charge in [0.15, 0.2) is 5.13 Å². The molecule has 0 bridgehead atoms. The minimum atomic E-state index is -3.48. The molecule has 0 radical (unpaired) electrons. The van der Waals surface area contributed by atoms with E-state index >= 15 is 0 Å². The molecule has 0 aliphatic heterocycles. The first-order valence-electron chi connectivity index (χ1n) is 5.82. The maximum atomic E-state index is 11.9. The quantitative estimate of drug-likeness (QED) is 0.702. The van der Waals surface area contributed by atoms with Crippen LogP contribution in [0.2, 0.25) is 0 Å². The van der Waals surface area contributed by atoms with E-state index in [9.17, 15) is 8.42 Å². The molecule has 2 N–H and O–H groups in total. The lowest BCUT2D eigenvalue weighted by molar-refractivity contribution is 0.459. The molecular formula is C10H20N4O2S2. The van der Waals surface area contributed by atoms with Gasteiger partial charge in [0.25, 0.3) is 0 Å². The Kier molecular flexibility index (Phi) is 6.00. The third-order valence-electron chi connectivity index (χ3n) is 2.32. The first-order valence-corrected chi connectivity index (χ1v) is 8.14. The van der Waals surface area contributed by atoms with Gasteiger partial charge >= 0.3 is 10.2 Å². The van der Waals surface area contributed by atoms with Crippen LogP contribution in [0.15, 0.2) is 5.38 Å². The van der Waals surface area contributed by atoms with Gasteiger partial charge in [0.2, 0.25) is 0 Å². The second kappa shape index (κ2) is 7.03. The topological polar surface area (TPSA) is 74.3 Å². The van der Waals surface area contributed by atoms with Gasteiger partial charge in [-0.1, -0.05) is 6.92 Å². The van der Waals surface area contributed by atoms with Gasteiger partial charge < -0.3 is 5.32 Å². The highest BCUT2D eigenvalue weighted by atomic mass is 32.2. The van der Waals surface area contributed by atoms with Gasteiger partial charge in [-0.2, -0.15) is 12.7 Å². The lowest BCUT2D eigenvalue weighted by Crippen LogP contribution is -2.34. The van der Waals surface area contributed by atoms with Crippen molar-refractivity contribution in [2.24, 2.45) is 0 Å². The van der Waals surface area contributed by atoms with E-state index in [2.05, 4.69) is 15.0 Å². The van der Waals surface area contributed by atoms with E-state index in [1.165, 1.54) is 15.6 Å². The maximum absolute atomic E-state index is 11.9. The highest BCUT2D eigenvalue weighted by Crippen LogP contribution is 2.16. The number of aromatic nitrogens is 1. The van der Waals surface area contributed by atoms with Crippen LogP contribution in [-0.2, 0) is 10.2 Å². The van der Waals surface area contributed by atoms with Crippen LogP contribution in [0.3, 0.4) is 0 Å². The summed E-state index contributed by atoms with van der Waals surface area (Å²) >= 11 is 1.29. The number of hydrogen-bond donors (Lipinski definition) is 2. The minimum Gasteiger partial charge on any atom is -0.317 e. The third-order valence-corrected chi connectivity index (χ3v) is 4.78. The van der Waals surface area contributed by atoms with Crippen LogP contribution in [0.1, 0.15) is 19.0 Å². The molecule has 0 fully saturated rings. The van der Waals surface area contributed by atoms with Crippen molar-refractivity contribution >= 4 is 26.7 Å². The van der Waals surface area contributed by atoms with Crippen molar-refractivity contribution in [3.63, 3.8) is 0 Å². The average molecular weight is 292 g/mol. The smallest absolute Gasteiger partial charge is 0.303 e. The van der Waals surface area contributed by atoms with Crippen molar-refractivity contribution in [3.8, 4) is 0 Å².